The van der Waals surface area contributed by atoms with Crippen LogP contribution in [0.4, 0.5) is 16.3 Å². The minimum atomic E-state index is -0.390. The van der Waals surface area contributed by atoms with Gasteiger partial charge in [0.2, 0.25) is 5.91 Å². The van der Waals surface area contributed by atoms with Crippen molar-refractivity contribution in [2.24, 2.45) is 0 Å². The number of hydrogen-bond donors (Lipinski definition) is 2. The molecule has 0 aliphatic carbocycles. The second-order valence-electron chi connectivity index (χ2n) is 4.75. The summed E-state index contributed by atoms with van der Waals surface area (Å²) in [6.07, 6.45) is 0. The average Bonchev–Trinajstić information content (AvgIpc) is 2.87. The van der Waals surface area contributed by atoms with Crippen LogP contribution < -0.4 is 10.6 Å². The second kappa shape index (κ2) is 5.69. The molecule has 1 heterocycles. The van der Waals surface area contributed by atoms with E-state index in [2.05, 4.69) is 15.7 Å². The van der Waals surface area contributed by atoms with Crippen LogP contribution >= 0.6 is 0 Å². The van der Waals surface area contributed by atoms with E-state index in [4.69, 9.17) is 0 Å². The van der Waals surface area contributed by atoms with E-state index < -0.39 is 0 Å². The molecule has 0 aliphatic heterocycles. The average molecular weight is 294 g/mol. The number of hydrogen-bond acceptors (Lipinski definition) is 3. The molecule has 6 nitrogen and oxygen atoms in total. The third kappa shape index (κ3) is 2.67. The Kier molecular flexibility index (Phi) is 3.57. The van der Waals surface area contributed by atoms with Crippen molar-refractivity contribution in [3.63, 3.8) is 0 Å². The third-order valence-corrected chi connectivity index (χ3v) is 3.10. The van der Waals surface area contributed by atoms with Gasteiger partial charge in [-0.1, -0.05) is 30.3 Å². The van der Waals surface area contributed by atoms with E-state index in [9.17, 15) is 9.59 Å². The summed E-state index contributed by atoms with van der Waals surface area (Å²) in [5, 5.41) is 10.3. The SMILES string of the molecule is CC(=O)Nc1nn(C(=O)Nc2ccccc2)c2ccccc12. The number of carbonyl (C=O) groups is 2. The highest BCUT2D eigenvalue weighted by Crippen LogP contribution is 2.23. The molecule has 0 atom stereocenters. The molecule has 22 heavy (non-hydrogen) atoms. The maximum Gasteiger partial charge on any atom is 0.347 e. The zero-order chi connectivity index (χ0) is 15.5. The van der Waals surface area contributed by atoms with Crippen molar-refractivity contribution >= 4 is 34.3 Å². The summed E-state index contributed by atoms with van der Waals surface area (Å²) in [6, 6.07) is 15.9. The second-order valence-corrected chi connectivity index (χ2v) is 4.75. The van der Waals surface area contributed by atoms with Crippen LogP contribution in [0, 0.1) is 0 Å². The first kappa shape index (κ1) is 13.8. The van der Waals surface area contributed by atoms with E-state index in [1.165, 1.54) is 11.6 Å². The Morgan fingerprint density at radius 2 is 1.64 bits per heavy atom. The molecule has 0 saturated heterocycles. The molecule has 0 bridgehead atoms. The van der Waals surface area contributed by atoms with Crippen molar-refractivity contribution in [1.82, 2.24) is 9.78 Å². The summed E-state index contributed by atoms with van der Waals surface area (Å²) >= 11 is 0. The van der Waals surface area contributed by atoms with Crippen molar-refractivity contribution < 1.29 is 9.59 Å². The molecule has 1 aromatic heterocycles. The Balaban J connectivity index is 1.99. The molecule has 2 aromatic carbocycles. The van der Waals surface area contributed by atoms with Crippen molar-refractivity contribution in [2.75, 3.05) is 10.6 Å². The van der Waals surface area contributed by atoms with Gasteiger partial charge in [0, 0.05) is 18.0 Å². The summed E-state index contributed by atoms with van der Waals surface area (Å²) in [6.45, 7) is 1.40. The summed E-state index contributed by atoms with van der Waals surface area (Å²) in [4.78, 5) is 23.7. The van der Waals surface area contributed by atoms with E-state index in [-0.39, 0.29) is 11.9 Å². The molecular formula is C16H14N4O2. The highest BCUT2D eigenvalue weighted by atomic mass is 16.2. The Morgan fingerprint density at radius 1 is 0.955 bits per heavy atom. The summed E-state index contributed by atoms with van der Waals surface area (Å²) < 4.78 is 1.24. The van der Waals surface area contributed by atoms with Gasteiger partial charge in [0.25, 0.3) is 0 Å². The molecule has 6 heteroatoms. The normalized spacial score (nSPS) is 10.4. The van der Waals surface area contributed by atoms with Gasteiger partial charge in [-0.2, -0.15) is 4.68 Å². The van der Waals surface area contributed by atoms with Gasteiger partial charge in [-0.25, -0.2) is 4.79 Å². The van der Waals surface area contributed by atoms with E-state index >= 15 is 0 Å². The molecule has 0 spiro atoms. The highest BCUT2D eigenvalue weighted by molar-refractivity contribution is 6.04. The summed E-state index contributed by atoms with van der Waals surface area (Å²) in [5.41, 5.74) is 1.30. The molecule has 0 radical (unpaired) electrons. The van der Waals surface area contributed by atoms with Crippen molar-refractivity contribution in [1.29, 1.82) is 0 Å². The van der Waals surface area contributed by atoms with E-state index in [1.807, 2.05) is 30.3 Å². The van der Waals surface area contributed by atoms with Gasteiger partial charge >= 0.3 is 6.03 Å². The predicted octanol–water partition coefficient (Wildman–Crippen LogP) is 3.07. The lowest BCUT2D eigenvalue weighted by molar-refractivity contribution is -0.114. The topological polar surface area (TPSA) is 76.0 Å². The van der Waals surface area contributed by atoms with Crippen LogP contribution in [0.1, 0.15) is 6.92 Å². The number of aromatic nitrogens is 2. The van der Waals surface area contributed by atoms with Gasteiger partial charge in [0.05, 0.1) is 5.52 Å². The lowest BCUT2D eigenvalue weighted by Gasteiger charge is -2.05. The summed E-state index contributed by atoms with van der Waals surface area (Å²) in [5.74, 6) is 0.130. The number of nitrogens with zero attached hydrogens (tertiary/aromatic N) is 2. The molecule has 0 saturated carbocycles. The summed E-state index contributed by atoms with van der Waals surface area (Å²) in [7, 11) is 0. The molecule has 110 valence electrons. The van der Waals surface area contributed by atoms with Gasteiger partial charge in [0.1, 0.15) is 0 Å². The largest absolute Gasteiger partial charge is 0.347 e. The molecule has 3 rings (SSSR count). The minimum Gasteiger partial charge on any atom is -0.309 e. The molecule has 2 N–H and O–H groups in total. The van der Waals surface area contributed by atoms with Crippen LogP contribution in [0.3, 0.4) is 0 Å². The van der Waals surface area contributed by atoms with Gasteiger partial charge in [-0.3, -0.25) is 4.79 Å². The fourth-order valence-corrected chi connectivity index (χ4v) is 2.18. The number of rotatable bonds is 2. The Labute approximate surface area is 126 Å². The number of carbonyl (C=O) groups excluding carboxylic acids is 2. The van der Waals surface area contributed by atoms with Crippen LogP contribution in [-0.2, 0) is 4.79 Å². The predicted molar refractivity (Wildman–Crippen MR) is 84.9 cm³/mol. The van der Waals surface area contributed by atoms with Gasteiger partial charge in [-0.05, 0) is 24.3 Å². The van der Waals surface area contributed by atoms with Crippen LogP contribution in [0.5, 0.6) is 0 Å². The molecule has 0 fully saturated rings. The van der Waals surface area contributed by atoms with Gasteiger partial charge in [0.15, 0.2) is 5.82 Å². The van der Waals surface area contributed by atoms with Crippen molar-refractivity contribution in [2.45, 2.75) is 6.92 Å². The molecule has 0 aliphatic rings. The lowest BCUT2D eigenvalue weighted by atomic mass is 10.2. The van der Waals surface area contributed by atoms with Gasteiger partial charge in [-0.15, -0.1) is 5.10 Å². The third-order valence-electron chi connectivity index (χ3n) is 3.10. The standard InChI is InChI=1S/C16H14N4O2/c1-11(21)17-15-13-9-5-6-10-14(13)20(19-15)16(22)18-12-7-3-2-4-8-12/h2-10H,1H3,(H,18,22)(H,17,19,21). The Morgan fingerprint density at radius 3 is 2.36 bits per heavy atom. The van der Waals surface area contributed by atoms with Gasteiger partial charge < -0.3 is 10.6 Å². The molecular weight excluding hydrogens is 280 g/mol. The first-order valence-corrected chi connectivity index (χ1v) is 6.77. The van der Waals surface area contributed by atoms with E-state index in [0.717, 1.165) is 0 Å². The number of anilines is 2. The number of amides is 2. The maximum absolute atomic E-state index is 12.4. The molecule has 2 amide bonds. The number of benzene rings is 2. The number of nitrogens with one attached hydrogen (secondary N) is 2. The minimum absolute atomic E-state index is 0.237. The van der Waals surface area contributed by atoms with Crippen molar-refractivity contribution in [3.8, 4) is 0 Å². The van der Waals surface area contributed by atoms with Crippen molar-refractivity contribution in [3.05, 3.63) is 54.6 Å². The lowest BCUT2D eigenvalue weighted by Crippen LogP contribution is -2.20. The van der Waals surface area contributed by atoms with E-state index in [1.54, 1.807) is 24.3 Å². The zero-order valence-electron chi connectivity index (χ0n) is 11.9. The maximum atomic E-state index is 12.4. The van der Waals surface area contributed by atoms with Crippen LogP contribution in [-0.4, -0.2) is 21.7 Å². The molecule has 3 aromatic rings. The molecule has 0 unspecified atom stereocenters. The monoisotopic (exact) mass is 294 g/mol. The Hall–Kier alpha value is -3.15. The van der Waals surface area contributed by atoms with E-state index in [0.29, 0.717) is 22.4 Å². The fourth-order valence-electron chi connectivity index (χ4n) is 2.18. The quantitative estimate of drug-likeness (QED) is 0.762. The number of para-hydroxylation sites is 2. The Bertz CT molecular complexity index is 840. The fraction of sp³-hybridized carbons (Fsp3) is 0.0625. The number of fused-ring (bicyclic) bond motifs is 1. The highest BCUT2D eigenvalue weighted by Gasteiger charge is 2.15. The first-order chi connectivity index (χ1) is 10.6. The first-order valence-electron chi connectivity index (χ1n) is 6.77. The zero-order valence-corrected chi connectivity index (χ0v) is 11.9. The van der Waals surface area contributed by atoms with Crippen LogP contribution in [0.2, 0.25) is 0 Å². The van der Waals surface area contributed by atoms with Crippen LogP contribution in [0.25, 0.3) is 10.9 Å². The smallest absolute Gasteiger partial charge is 0.309 e. The van der Waals surface area contributed by atoms with Crippen LogP contribution in [0.15, 0.2) is 54.6 Å².